The van der Waals surface area contributed by atoms with Crippen molar-refractivity contribution in [2.24, 2.45) is 0 Å². The molecule has 0 radical (unpaired) electrons. The van der Waals surface area contributed by atoms with E-state index in [9.17, 15) is 22.8 Å². The molecule has 1 unspecified atom stereocenters. The average Bonchev–Trinajstić information content (AvgIpc) is 2.96. The molecule has 1 amide bonds. The van der Waals surface area contributed by atoms with E-state index in [-0.39, 0.29) is 23.8 Å². The molecule has 3 aromatic rings. The van der Waals surface area contributed by atoms with Gasteiger partial charge in [0.2, 0.25) is 5.91 Å². The Kier molecular flexibility index (Phi) is 10.6. The van der Waals surface area contributed by atoms with E-state index in [2.05, 4.69) is 17.9 Å². The Morgan fingerprint density at radius 2 is 1.80 bits per heavy atom. The van der Waals surface area contributed by atoms with Crippen LogP contribution in [-0.2, 0) is 17.4 Å². The summed E-state index contributed by atoms with van der Waals surface area (Å²) < 4.78 is 45.2. The number of benzene rings is 2. The number of carbonyl (C=O) groups is 1. The van der Waals surface area contributed by atoms with Gasteiger partial charge in [0, 0.05) is 36.7 Å². The third kappa shape index (κ3) is 7.46. The van der Waals surface area contributed by atoms with Gasteiger partial charge in [0.15, 0.2) is 0 Å². The van der Waals surface area contributed by atoms with E-state index in [1.807, 2.05) is 24.3 Å². The highest BCUT2D eigenvalue weighted by Crippen LogP contribution is 2.38. The number of amides is 1. The Morgan fingerprint density at radius 1 is 1.05 bits per heavy atom. The molecule has 0 saturated heterocycles. The molecule has 2 heterocycles. The third-order valence-corrected chi connectivity index (χ3v) is 9.16. The maximum absolute atomic E-state index is 14.0. The van der Waals surface area contributed by atoms with Crippen molar-refractivity contribution in [2.75, 3.05) is 26.2 Å². The Labute approximate surface area is 266 Å². The van der Waals surface area contributed by atoms with Crippen molar-refractivity contribution in [3.63, 3.8) is 0 Å². The highest BCUT2D eigenvalue weighted by molar-refractivity contribution is 7.80. The summed E-state index contributed by atoms with van der Waals surface area (Å²) in [4.78, 5) is 34.5. The lowest BCUT2D eigenvalue weighted by atomic mass is 9.84. The molecule has 5 rings (SSSR count). The molecule has 1 N–H and O–H groups in total. The number of thiol groups is 2. The van der Waals surface area contributed by atoms with E-state index >= 15 is 0 Å². The van der Waals surface area contributed by atoms with Crippen LogP contribution in [0, 0.1) is 0 Å². The monoisotopic (exact) mass is 646 g/mol. The Hall–Kier alpha value is -2.96. The molecule has 236 valence electrons. The minimum atomic E-state index is -4.36. The van der Waals surface area contributed by atoms with Gasteiger partial charge in [-0.25, -0.2) is 4.98 Å². The molecular formula is C32H37F3N4O3S2. The Bertz CT molecular complexity index is 1510. The maximum atomic E-state index is 14.0. The van der Waals surface area contributed by atoms with Gasteiger partial charge in [-0.05, 0) is 75.0 Å². The van der Waals surface area contributed by atoms with Crippen molar-refractivity contribution in [2.45, 2.75) is 73.7 Å². The molecule has 1 atom stereocenters. The van der Waals surface area contributed by atoms with Crippen LogP contribution in [0.3, 0.4) is 0 Å². The maximum Gasteiger partial charge on any atom is 0.416 e. The van der Waals surface area contributed by atoms with Crippen LogP contribution in [-0.4, -0.2) is 46.6 Å². The van der Waals surface area contributed by atoms with E-state index in [0.717, 1.165) is 68.7 Å². The van der Waals surface area contributed by atoms with Gasteiger partial charge in [-0.3, -0.25) is 14.2 Å². The lowest BCUT2D eigenvalue weighted by molar-refractivity contribution is -0.137. The third-order valence-electron chi connectivity index (χ3n) is 8.24. The number of halogens is 3. The topological polar surface area (TPSA) is 76.5 Å². The van der Waals surface area contributed by atoms with Crippen molar-refractivity contribution in [3.8, 4) is 11.4 Å². The van der Waals surface area contributed by atoms with Gasteiger partial charge >= 0.3 is 6.18 Å². The predicted octanol–water partition coefficient (Wildman–Crippen LogP) is 6.35. The summed E-state index contributed by atoms with van der Waals surface area (Å²) in [7, 11) is 0. The van der Waals surface area contributed by atoms with Crippen molar-refractivity contribution in [3.05, 3.63) is 81.5 Å². The van der Waals surface area contributed by atoms with Crippen molar-refractivity contribution < 1.29 is 22.7 Å². The number of para-hydroxylation sites is 1. The van der Waals surface area contributed by atoms with Gasteiger partial charge < -0.3 is 15.0 Å². The second-order valence-corrected chi connectivity index (χ2v) is 12.2. The number of unbranched alkanes of at least 4 members (excludes halogenated alkanes) is 2. The number of rotatable bonds is 12. The predicted molar refractivity (Wildman–Crippen MR) is 169 cm³/mol. The number of nitrogens with one attached hydrogen (secondary N) is 1. The lowest BCUT2D eigenvalue weighted by Crippen LogP contribution is -2.44. The summed E-state index contributed by atoms with van der Waals surface area (Å²) in [6, 6.07) is 12.2. The zero-order chi connectivity index (χ0) is 31.3. The van der Waals surface area contributed by atoms with Crippen molar-refractivity contribution in [1.82, 2.24) is 19.8 Å². The summed E-state index contributed by atoms with van der Waals surface area (Å²) in [5, 5.41) is 2.62. The lowest BCUT2D eigenvalue weighted by Gasteiger charge is -2.36. The number of alkyl halides is 3. The van der Waals surface area contributed by atoms with Gasteiger partial charge in [-0.15, -0.1) is 25.3 Å². The zero-order valence-corrected chi connectivity index (χ0v) is 26.1. The van der Waals surface area contributed by atoms with Gasteiger partial charge in [-0.2, -0.15) is 13.2 Å². The van der Waals surface area contributed by atoms with E-state index in [1.165, 1.54) is 12.1 Å². The van der Waals surface area contributed by atoms with Crippen LogP contribution in [0.25, 0.3) is 5.69 Å². The molecule has 1 fully saturated rings. The molecule has 12 heteroatoms. The first kappa shape index (κ1) is 32.4. The highest BCUT2D eigenvalue weighted by Gasteiger charge is 2.35. The van der Waals surface area contributed by atoms with Crippen LogP contribution in [0.1, 0.15) is 78.9 Å². The van der Waals surface area contributed by atoms with Crippen LogP contribution in [0.2, 0.25) is 0 Å². The molecule has 1 saturated carbocycles. The molecule has 44 heavy (non-hydrogen) atoms. The fourth-order valence-corrected chi connectivity index (χ4v) is 6.33. The fourth-order valence-electron chi connectivity index (χ4n) is 5.56. The summed E-state index contributed by atoms with van der Waals surface area (Å²) >= 11 is 9.37. The number of hydrogen-bond acceptors (Lipinski definition) is 7. The molecule has 1 aromatic heterocycles. The molecule has 2 aromatic carbocycles. The summed E-state index contributed by atoms with van der Waals surface area (Å²) in [6.45, 7) is 2.10. The summed E-state index contributed by atoms with van der Waals surface area (Å²) in [5.41, 5.74) is 1.000. The average molecular weight is 647 g/mol. The quantitative estimate of drug-likeness (QED) is 0.158. The molecular weight excluding hydrogens is 610 g/mol. The van der Waals surface area contributed by atoms with Crippen LogP contribution in [0.5, 0.6) is 5.75 Å². The van der Waals surface area contributed by atoms with Gasteiger partial charge in [0.1, 0.15) is 16.9 Å². The first-order valence-corrected chi connectivity index (χ1v) is 16.0. The minimum Gasteiger partial charge on any atom is -0.494 e. The van der Waals surface area contributed by atoms with Crippen LogP contribution < -0.4 is 15.6 Å². The van der Waals surface area contributed by atoms with Crippen LogP contribution >= 0.6 is 25.3 Å². The van der Waals surface area contributed by atoms with Crippen LogP contribution in [0.15, 0.2) is 58.2 Å². The Morgan fingerprint density at radius 3 is 2.48 bits per heavy atom. The number of nitrogens with zero attached hydrogens (tertiary/aromatic N) is 3. The standard InChI is InChI=1S/C32H37F3N4O3S2/c33-32(34,35)22-11-13-23(14-12-22)42-20-5-1-4-17-36-18-15-27(40)38-19-16-24-28(31(38)44)30(41)39(25-9-2-3-10-26(25)43)29(37-24)21-7-6-8-21/h2-3,9-14,21,31,36,43-44H,1,4-8,15-20H2. The fraction of sp³-hybridized carbons (Fsp3) is 0.469. The minimum absolute atomic E-state index is 0.0725. The van der Waals surface area contributed by atoms with Gasteiger partial charge in [0.05, 0.1) is 29.1 Å². The molecule has 0 spiro atoms. The number of ether oxygens (including phenoxy) is 1. The number of carbonyl (C=O) groups excluding carboxylic acids is 1. The molecule has 1 aliphatic carbocycles. The van der Waals surface area contributed by atoms with Gasteiger partial charge in [-0.1, -0.05) is 18.6 Å². The van der Waals surface area contributed by atoms with Crippen molar-refractivity contribution in [1.29, 1.82) is 0 Å². The SMILES string of the molecule is O=C(CCNCCCCCOc1ccc(C(F)(F)F)cc1)N1CCc2nc(C3CCC3)n(-c3ccccc3S)c(=O)c2C1S. The van der Waals surface area contributed by atoms with E-state index < -0.39 is 17.1 Å². The van der Waals surface area contributed by atoms with E-state index in [4.69, 9.17) is 22.3 Å². The zero-order valence-electron chi connectivity index (χ0n) is 24.4. The van der Waals surface area contributed by atoms with E-state index in [1.54, 1.807) is 9.47 Å². The summed E-state index contributed by atoms with van der Waals surface area (Å²) in [6.07, 6.45) is 2.07. The molecule has 0 bridgehead atoms. The van der Waals surface area contributed by atoms with E-state index in [0.29, 0.717) is 48.0 Å². The molecule has 2 aliphatic rings. The number of hydrogen-bond donors (Lipinski definition) is 3. The smallest absolute Gasteiger partial charge is 0.416 e. The van der Waals surface area contributed by atoms with Crippen molar-refractivity contribution >= 4 is 31.2 Å². The van der Waals surface area contributed by atoms with Gasteiger partial charge in [0.25, 0.3) is 5.56 Å². The first-order chi connectivity index (χ1) is 21.1. The van der Waals surface area contributed by atoms with Crippen LogP contribution in [0.4, 0.5) is 13.2 Å². The largest absolute Gasteiger partial charge is 0.494 e. The first-order valence-electron chi connectivity index (χ1n) is 15.1. The molecule has 7 nitrogen and oxygen atoms in total. The number of aromatic nitrogens is 2. The second-order valence-electron chi connectivity index (χ2n) is 11.2. The molecule has 1 aliphatic heterocycles. The number of fused-ring (bicyclic) bond motifs is 1. The normalized spacial score (nSPS) is 16.8. The Balaban J connectivity index is 1.09. The highest BCUT2D eigenvalue weighted by atomic mass is 32.1. The summed E-state index contributed by atoms with van der Waals surface area (Å²) in [5.74, 6) is 1.35. The second kappa shape index (κ2) is 14.4.